The van der Waals surface area contributed by atoms with E-state index in [1.807, 2.05) is 6.07 Å². The molecule has 0 bridgehead atoms. The van der Waals surface area contributed by atoms with Crippen molar-refractivity contribution in [1.82, 2.24) is 19.9 Å². The van der Waals surface area contributed by atoms with Gasteiger partial charge in [0.05, 0.1) is 12.2 Å². The normalized spacial score (nSPS) is 17.1. The van der Waals surface area contributed by atoms with E-state index in [-0.39, 0.29) is 17.5 Å². The predicted molar refractivity (Wildman–Crippen MR) is 97.3 cm³/mol. The van der Waals surface area contributed by atoms with E-state index >= 15 is 0 Å². The van der Waals surface area contributed by atoms with E-state index in [9.17, 15) is 23.1 Å². The Morgan fingerprint density at radius 3 is 2.43 bits per heavy atom. The van der Waals surface area contributed by atoms with E-state index in [1.54, 1.807) is 10.7 Å². The van der Waals surface area contributed by atoms with Gasteiger partial charge >= 0.3 is 18.1 Å². The molecule has 164 valence electrons. The second kappa shape index (κ2) is 9.76. The molecule has 0 spiro atoms. The second-order valence-corrected chi connectivity index (χ2v) is 6.98. The van der Waals surface area contributed by atoms with Gasteiger partial charge in [0.2, 0.25) is 0 Å². The maximum Gasteiger partial charge on any atom is 0.490 e. The first-order chi connectivity index (χ1) is 14.0. The van der Waals surface area contributed by atoms with Gasteiger partial charge in [-0.2, -0.15) is 13.2 Å². The van der Waals surface area contributed by atoms with Crippen LogP contribution < -0.4 is 0 Å². The third kappa shape index (κ3) is 6.88. The van der Waals surface area contributed by atoms with Gasteiger partial charge in [-0.25, -0.2) is 14.3 Å². The van der Waals surface area contributed by atoms with Crippen LogP contribution in [0, 0.1) is 0 Å². The molecule has 1 aliphatic rings. The number of aromatic nitrogens is 3. The van der Waals surface area contributed by atoms with Gasteiger partial charge in [-0.05, 0) is 43.1 Å². The molecule has 2 heterocycles. The molecule has 1 atom stereocenters. The predicted octanol–water partition coefficient (Wildman–Crippen LogP) is 2.81. The summed E-state index contributed by atoms with van der Waals surface area (Å²) in [6, 6.07) is 5.14. The molecule has 2 aromatic rings. The topological polar surface area (TPSA) is 129 Å². The molecule has 9 nitrogen and oxygen atoms in total. The van der Waals surface area contributed by atoms with E-state index < -0.39 is 18.1 Å². The number of carboxylic acids is 2. The number of rotatable bonds is 4. The molecule has 1 aromatic heterocycles. The van der Waals surface area contributed by atoms with Crippen molar-refractivity contribution in [2.45, 2.75) is 31.6 Å². The maximum absolute atomic E-state index is 10.9. The van der Waals surface area contributed by atoms with Crippen molar-refractivity contribution in [2.24, 2.45) is 0 Å². The number of alkyl halides is 3. The fraction of sp³-hybridized carbons (Fsp3) is 0.412. The van der Waals surface area contributed by atoms with Gasteiger partial charge < -0.3 is 15.3 Å². The van der Waals surface area contributed by atoms with Gasteiger partial charge in [0.25, 0.3) is 0 Å². The Balaban J connectivity index is 0.000000396. The zero-order chi connectivity index (χ0) is 22.5. The number of halogens is 4. The number of aromatic carboxylic acids is 1. The van der Waals surface area contributed by atoms with E-state index in [0.717, 1.165) is 31.5 Å². The highest BCUT2D eigenvalue weighted by Gasteiger charge is 2.38. The van der Waals surface area contributed by atoms with Crippen molar-refractivity contribution in [2.75, 3.05) is 13.1 Å². The first kappa shape index (κ1) is 23.4. The third-order valence-electron chi connectivity index (χ3n) is 4.18. The molecule has 0 saturated carbocycles. The molecule has 1 aliphatic heterocycles. The summed E-state index contributed by atoms with van der Waals surface area (Å²) >= 11 is 5.97. The number of aromatic hydroxyl groups is 1. The molecule has 1 saturated heterocycles. The standard InChI is InChI=1S/C15H17ClN4O3.C2HF3O2/c16-11-4-10(5-13(21)6-11)7-19-3-1-2-12(8-19)20-9-14(15(22)23)17-18-20;3-2(4,5)1(6)7/h4-6,9,12,21H,1-3,7-8H2,(H,22,23);(H,6,7). The number of phenolic OH excluding ortho intramolecular Hbond substituents is 1. The number of benzene rings is 1. The lowest BCUT2D eigenvalue weighted by molar-refractivity contribution is -0.192. The smallest absolute Gasteiger partial charge is 0.490 e. The first-order valence-corrected chi connectivity index (χ1v) is 8.99. The maximum atomic E-state index is 10.9. The van der Waals surface area contributed by atoms with Crippen molar-refractivity contribution in [3.05, 3.63) is 40.7 Å². The fourth-order valence-corrected chi connectivity index (χ4v) is 3.18. The number of aliphatic carboxylic acids is 1. The van der Waals surface area contributed by atoms with E-state index in [2.05, 4.69) is 15.2 Å². The Morgan fingerprint density at radius 1 is 1.23 bits per heavy atom. The zero-order valence-corrected chi connectivity index (χ0v) is 16.1. The molecule has 1 fully saturated rings. The Hall–Kier alpha value is -2.86. The van der Waals surface area contributed by atoms with Crippen LogP contribution in [0.2, 0.25) is 5.02 Å². The molecule has 0 aliphatic carbocycles. The average Bonchev–Trinajstić information content (AvgIpc) is 3.11. The Bertz CT molecular complexity index is 886. The van der Waals surface area contributed by atoms with E-state index in [1.165, 1.54) is 12.3 Å². The van der Waals surface area contributed by atoms with Gasteiger partial charge in [-0.3, -0.25) is 4.90 Å². The number of piperidine rings is 1. The molecule has 13 heteroatoms. The monoisotopic (exact) mass is 450 g/mol. The number of likely N-dealkylation sites (tertiary alicyclic amines) is 1. The summed E-state index contributed by atoms with van der Waals surface area (Å²) in [4.78, 5) is 22.0. The minimum Gasteiger partial charge on any atom is -0.508 e. The molecule has 3 N–H and O–H groups in total. The van der Waals surface area contributed by atoms with E-state index in [4.69, 9.17) is 26.6 Å². The molecular weight excluding hydrogens is 433 g/mol. The van der Waals surface area contributed by atoms with Crippen LogP contribution in [-0.2, 0) is 11.3 Å². The SMILES string of the molecule is O=C(O)C(F)(F)F.O=C(O)c1cn(C2CCCN(Cc3cc(O)cc(Cl)c3)C2)nn1. The van der Waals surface area contributed by atoms with Crippen molar-refractivity contribution in [3.63, 3.8) is 0 Å². The van der Waals surface area contributed by atoms with Gasteiger partial charge in [0.1, 0.15) is 5.75 Å². The second-order valence-electron chi connectivity index (χ2n) is 6.54. The van der Waals surface area contributed by atoms with Crippen molar-refractivity contribution < 1.29 is 38.1 Å². The summed E-state index contributed by atoms with van der Waals surface area (Å²) in [5.41, 5.74) is 0.905. The number of phenols is 1. The number of hydrogen-bond acceptors (Lipinski definition) is 6. The summed E-state index contributed by atoms with van der Waals surface area (Å²) in [5.74, 6) is -3.67. The van der Waals surface area contributed by atoms with Crippen LogP contribution >= 0.6 is 11.6 Å². The van der Waals surface area contributed by atoms with Crippen LogP contribution in [0.1, 0.15) is 34.9 Å². The molecule has 1 aromatic carbocycles. The molecule has 0 amide bonds. The largest absolute Gasteiger partial charge is 0.508 e. The number of hydrogen-bond donors (Lipinski definition) is 3. The lowest BCUT2D eigenvalue weighted by Crippen LogP contribution is -2.36. The van der Waals surface area contributed by atoms with Crippen LogP contribution in [0.5, 0.6) is 5.75 Å². The van der Waals surface area contributed by atoms with Crippen LogP contribution in [0.15, 0.2) is 24.4 Å². The van der Waals surface area contributed by atoms with Crippen LogP contribution in [0.25, 0.3) is 0 Å². The highest BCUT2D eigenvalue weighted by atomic mass is 35.5. The highest BCUT2D eigenvalue weighted by molar-refractivity contribution is 6.30. The summed E-state index contributed by atoms with van der Waals surface area (Å²) in [6.07, 6.45) is -1.69. The lowest BCUT2D eigenvalue weighted by Gasteiger charge is -2.32. The summed E-state index contributed by atoms with van der Waals surface area (Å²) < 4.78 is 33.4. The minimum atomic E-state index is -5.08. The molecule has 1 unspecified atom stereocenters. The summed E-state index contributed by atoms with van der Waals surface area (Å²) in [7, 11) is 0. The third-order valence-corrected chi connectivity index (χ3v) is 4.39. The molecule has 3 rings (SSSR count). The molecular formula is C17H18ClF3N4O5. The summed E-state index contributed by atoms with van der Waals surface area (Å²) in [5, 5.41) is 33.8. The highest BCUT2D eigenvalue weighted by Crippen LogP contribution is 2.25. The van der Waals surface area contributed by atoms with Gasteiger partial charge in [-0.15, -0.1) is 5.10 Å². The van der Waals surface area contributed by atoms with Crippen molar-refractivity contribution >= 4 is 23.5 Å². The van der Waals surface area contributed by atoms with Gasteiger partial charge in [-0.1, -0.05) is 16.8 Å². The minimum absolute atomic E-state index is 0.0399. The van der Waals surface area contributed by atoms with Gasteiger partial charge in [0, 0.05) is 18.1 Å². The van der Waals surface area contributed by atoms with Crippen molar-refractivity contribution in [1.29, 1.82) is 0 Å². The number of nitrogens with zero attached hydrogens (tertiary/aromatic N) is 4. The number of carbonyl (C=O) groups is 2. The molecule has 0 radical (unpaired) electrons. The molecule has 30 heavy (non-hydrogen) atoms. The Kier molecular flexibility index (Phi) is 7.62. The Labute approximate surface area is 173 Å². The van der Waals surface area contributed by atoms with Crippen LogP contribution in [0.3, 0.4) is 0 Å². The first-order valence-electron chi connectivity index (χ1n) is 8.61. The van der Waals surface area contributed by atoms with Gasteiger partial charge in [0.15, 0.2) is 5.69 Å². The average molecular weight is 451 g/mol. The van der Waals surface area contributed by atoms with Crippen molar-refractivity contribution in [3.8, 4) is 5.75 Å². The zero-order valence-electron chi connectivity index (χ0n) is 15.4. The van der Waals surface area contributed by atoms with E-state index in [0.29, 0.717) is 11.6 Å². The fourth-order valence-electron chi connectivity index (χ4n) is 2.93. The summed E-state index contributed by atoms with van der Waals surface area (Å²) in [6.45, 7) is 2.35. The van der Waals surface area contributed by atoms with Crippen LogP contribution in [0.4, 0.5) is 13.2 Å². The number of carboxylic acid groups (broad SMARTS) is 2. The lowest BCUT2D eigenvalue weighted by atomic mass is 10.0. The quantitative estimate of drug-likeness (QED) is 0.648. The Morgan fingerprint density at radius 2 is 1.90 bits per heavy atom. The van der Waals surface area contributed by atoms with Crippen LogP contribution in [-0.4, -0.2) is 66.4 Å².